The fourth-order valence-electron chi connectivity index (χ4n) is 1.91. The van der Waals surface area contributed by atoms with E-state index in [1.807, 2.05) is 0 Å². The summed E-state index contributed by atoms with van der Waals surface area (Å²) >= 11 is 5.84. The molecule has 0 N–H and O–H groups in total. The standard InChI is InChI=1S/C16H12ClN3O4/c1-22-11-6-4-10(5-7-11)15-20-19-13(24-15)9-23-16(21)12-3-2-8-18-14(12)17/h2-8H,9H2,1H3. The number of hydrogen-bond donors (Lipinski definition) is 0. The first kappa shape index (κ1) is 15.9. The number of methoxy groups -OCH3 is 1. The van der Waals surface area contributed by atoms with Crippen molar-refractivity contribution in [2.24, 2.45) is 0 Å². The first-order valence-corrected chi connectivity index (χ1v) is 7.29. The Morgan fingerprint density at radius 2 is 2.00 bits per heavy atom. The van der Waals surface area contributed by atoms with Crippen LogP contribution in [0.4, 0.5) is 0 Å². The van der Waals surface area contributed by atoms with Crippen molar-refractivity contribution in [3.05, 3.63) is 59.2 Å². The zero-order valence-corrected chi connectivity index (χ0v) is 13.4. The summed E-state index contributed by atoms with van der Waals surface area (Å²) < 4.78 is 15.7. The minimum atomic E-state index is -0.614. The normalized spacial score (nSPS) is 10.4. The van der Waals surface area contributed by atoms with Crippen molar-refractivity contribution in [1.82, 2.24) is 15.2 Å². The molecule has 1 aromatic carbocycles. The molecule has 3 aromatic rings. The van der Waals surface area contributed by atoms with E-state index in [1.54, 1.807) is 37.4 Å². The fourth-order valence-corrected chi connectivity index (χ4v) is 2.10. The van der Waals surface area contributed by atoms with Gasteiger partial charge in [0.1, 0.15) is 10.9 Å². The first-order chi connectivity index (χ1) is 11.7. The summed E-state index contributed by atoms with van der Waals surface area (Å²) in [4.78, 5) is 15.8. The molecule has 2 aromatic heterocycles. The van der Waals surface area contributed by atoms with E-state index >= 15 is 0 Å². The third-order valence-electron chi connectivity index (χ3n) is 3.11. The maximum atomic E-state index is 11.9. The average molecular weight is 346 g/mol. The molecule has 24 heavy (non-hydrogen) atoms. The van der Waals surface area contributed by atoms with E-state index in [-0.39, 0.29) is 23.2 Å². The monoisotopic (exact) mass is 345 g/mol. The lowest BCUT2D eigenvalue weighted by molar-refractivity contribution is 0.0438. The van der Waals surface area contributed by atoms with E-state index in [4.69, 9.17) is 25.5 Å². The third-order valence-corrected chi connectivity index (χ3v) is 3.41. The van der Waals surface area contributed by atoms with Gasteiger partial charge < -0.3 is 13.9 Å². The van der Waals surface area contributed by atoms with Crippen LogP contribution in [0.2, 0.25) is 5.15 Å². The molecule has 0 bridgehead atoms. The number of benzene rings is 1. The van der Waals surface area contributed by atoms with Crippen molar-refractivity contribution in [2.45, 2.75) is 6.61 Å². The maximum Gasteiger partial charge on any atom is 0.341 e. The Hall–Kier alpha value is -2.93. The lowest BCUT2D eigenvalue weighted by Gasteiger charge is -2.02. The molecule has 3 rings (SSSR count). The van der Waals surface area contributed by atoms with Crippen LogP contribution in [-0.2, 0) is 11.3 Å². The van der Waals surface area contributed by atoms with Crippen molar-refractivity contribution >= 4 is 17.6 Å². The number of pyridine rings is 1. The lowest BCUT2D eigenvalue weighted by Crippen LogP contribution is -2.06. The molecule has 122 valence electrons. The molecule has 8 heteroatoms. The quantitative estimate of drug-likeness (QED) is 0.518. The minimum Gasteiger partial charge on any atom is -0.497 e. The number of hydrogen-bond acceptors (Lipinski definition) is 7. The Kier molecular flexibility index (Phi) is 4.72. The molecule has 0 aliphatic carbocycles. The van der Waals surface area contributed by atoms with Crippen LogP contribution >= 0.6 is 11.6 Å². The highest BCUT2D eigenvalue weighted by Gasteiger charge is 2.15. The van der Waals surface area contributed by atoms with E-state index in [2.05, 4.69) is 15.2 Å². The summed E-state index contributed by atoms with van der Waals surface area (Å²) in [7, 11) is 1.59. The predicted octanol–water partition coefficient (Wildman–Crippen LogP) is 3.15. The highest BCUT2D eigenvalue weighted by Crippen LogP contribution is 2.21. The highest BCUT2D eigenvalue weighted by molar-refractivity contribution is 6.32. The number of esters is 1. The molecule has 0 aliphatic rings. The molecule has 0 spiro atoms. The molecule has 0 saturated heterocycles. The summed E-state index contributed by atoms with van der Waals surface area (Å²) in [5.74, 6) is 0.607. The van der Waals surface area contributed by atoms with Crippen LogP contribution in [-0.4, -0.2) is 28.3 Å². The van der Waals surface area contributed by atoms with Gasteiger partial charge in [-0.1, -0.05) is 11.6 Å². The molecule has 0 saturated carbocycles. The van der Waals surface area contributed by atoms with Crippen LogP contribution < -0.4 is 4.74 Å². The van der Waals surface area contributed by atoms with Crippen molar-refractivity contribution in [2.75, 3.05) is 7.11 Å². The largest absolute Gasteiger partial charge is 0.497 e. The van der Waals surface area contributed by atoms with Crippen molar-refractivity contribution in [3.8, 4) is 17.2 Å². The van der Waals surface area contributed by atoms with Gasteiger partial charge in [0.05, 0.1) is 12.7 Å². The van der Waals surface area contributed by atoms with Crippen LogP contribution in [0.25, 0.3) is 11.5 Å². The average Bonchev–Trinajstić information content (AvgIpc) is 3.09. The van der Waals surface area contributed by atoms with E-state index in [0.717, 1.165) is 11.3 Å². The second-order valence-corrected chi connectivity index (χ2v) is 5.01. The van der Waals surface area contributed by atoms with E-state index in [0.29, 0.717) is 5.89 Å². The molecule has 0 amide bonds. The van der Waals surface area contributed by atoms with Crippen molar-refractivity contribution in [1.29, 1.82) is 0 Å². The number of carbonyl (C=O) groups excluding carboxylic acids is 1. The van der Waals surface area contributed by atoms with Gasteiger partial charge in [0, 0.05) is 11.8 Å². The first-order valence-electron chi connectivity index (χ1n) is 6.92. The molecule has 2 heterocycles. The van der Waals surface area contributed by atoms with Crippen LogP contribution in [0.3, 0.4) is 0 Å². The minimum absolute atomic E-state index is 0.0759. The second kappa shape index (κ2) is 7.10. The van der Waals surface area contributed by atoms with Gasteiger partial charge in [0.15, 0.2) is 6.61 Å². The van der Waals surface area contributed by atoms with E-state index in [1.165, 1.54) is 12.3 Å². The van der Waals surface area contributed by atoms with Gasteiger partial charge >= 0.3 is 5.97 Å². The molecule has 0 atom stereocenters. The summed E-state index contributed by atoms with van der Waals surface area (Å²) in [5.41, 5.74) is 0.908. The van der Waals surface area contributed by atoms with Gasteiger partial charge in [0.25, 0.3) is 5.89 Å². The van der Waals surface area contributed by atoms with Crippen LogP contribution in [0.15, 0.2) is 47.0 Å². The summed E-state index contributed by atoms with van der Waals surface area (Å²) in [6.45, 7) is -0.160. The number of aromatic nitrogens is 3. The Morgan fingerprint density at radius 3 is 2.71 bits per heavy atom. The summed E-state index contributed by atoms with van der Waals surface area (Å²) in [6, 6.07) is 10.3. The molecular formula is C16H12ClN3O4. The Morgan fingerprint density at radius 1 is 1.21 bits per heavy atom. The van der Waals surface area contributed by atoms with Crippen molar-refractivity contribution in [3.63, 3.8) is 0 Å². The molecule has 0 aliphatic heterocycles. The summed E-state index contributed by atoms with van der Waals surface area (Å²) in [6.07, 6.45) is 1.48. The van der Waals surface area contributed by atoms with Crippen LogP contribution in [0.5, 0.6) is 5.75 Å². The topological polar surface area (TPSA) is 87.3 Å². The zero-order chi connectivity index (χ0) is 16.9. The number of rotatable bonds is 5. The number of halogens is 1. The van der Waals surface area contributed by atoms with Crippen LogP contribution in [0, 0.1) is 0 Å². The molecule has 0 unspecified atom stereocenters. The second-order valence-electron chi connectivity index (χ2n) is 4.65. The molecule has 0 fully saturated rings. The van der Waals surface area contributed by atoms with Gasteiger partial charge in [-0.15, -0.1) is 10.2 Å². The number of ether oxygens (including phenoxy) is 2. The van der Waals surface area contributed by atoms with Gasteiger partial charge in [-0.2, -0.15) is 0 Å². The van der Waals surface area contributed by atoms with Gasteiger partial charge in [-0.25, -0.2) is 9.78 Å². The predicted molar refractivity (Wildman–Crippen MR) is 84.7 cm³/mol. The van der Waals surface area contributed by atoms with Crippen molar-refractivity contribution < 1.29 is 18.7 Å². The number of nitrogens with zero attached hydrogens (tertiary/aromatic N) is 3. The number of carbonyl (C=O) groups is 1. The Bertz CT molecular complexity index is 849. The lowest BCUT2D eigenvalue weighted by atomic mass is 10.2. The highest BCUT2D eigenvalue weighted by atomic mass is 35.5. The molecule has 7 nitrogen and oxygen atoms in total. The maximum absolute atomic E-state index is 11.9. The summed E-state index contributed by atoms with van der Waals surface area (Å²) in [5, 5.41) is 7.85. The molecule has 0 radical (unpaired) electrons. The zero-order valence-electron chi connectivity index (χ0n) is 12.6. The van der Waals surface area contributed by atoms with Crippen LogP contribution in [0.1, 0.15) is 16.2 Å². The SMILES string of the molecule is COc1ccc(-c2nnc(COC(=O)c3cccnc3Cl)o2)cc1. The van der Waals surface area contributed by atoms with Gasteiger partial charge in [-0.05, 0) is 36.4 Å². The Balaban J connectivity index is 1.66. The van der Waals surface area contributed by atoms with E-state index in [9.17, 15) is 4.79 Å². The third kappa shape index (κ3) is 3.52. The van der Waals surface area contributed by atoms with Gasteiger partial charge in [-0.3, -0.25) is 0 Å². The molecular weight excluding hydrogens is 334 g/mol. The Labute approximate surface area is 142 Å². The van der Waals surface area contributed by atoms with E-state index < -0.39 is 5.97 Å². The van der Waals surface area contributed by atoms with Gasteiger partial charge in [0.2, 0.25) is 5.89 Å². The smallest absolute Gasteiger partial charge is 0.341 e. The fraction of sp³-hybridized carbons (Fsp3) is 0.125.